The van der Waals surface area contributed by atoms with Gasteiger partial charge in [-0.05, 0) is 14.0 Å². The molecule has 0 radical (unpaired) electrons. The molecular weight excluding hydrogens is 200 g/mol. The molecule has 0 unspecified atom stereocenters. The van der Waals surface area contributed by atoms with E-state index < -0.39 is 0 Å². The molecule has 0 aliphatic carbocycles. The third-order valence-corrected chi connectivity index (χ3v) is 2.46. The summed E-state index contributed by atoms with van der Waals surface area (Å²) < 4.78 is 0. The lowest BCUT2D eigenvalue weighted by molar-refractivity contribution is 0.734. The number of aryl methyl sites for hydroxylation is 1. The van der Waals surface area contributed by atoms with Crippen LogP contribution in [0.25, 0.3) is 0 Å². The Morgan fingerprint density at radius 2 is 2.06 bits per heavy atom. The molecule has 0 saturated heterocycles. The zero-order chi connectivity index (χ0) is 12.1. The van der Waals surface area contributed by atoms with Gasteiger partial charge in [-0.15, -0.1) is 0 Å². The first-order chi connectivity index (χ1) is 7.54. The lowest BCUT2D eigenvalue weighted by Gasteiger charge is -2.19. The maximum absolute atomic E-state index is 4.57. The molecule has 1 aromatic rings. The van der Waals surface area contributed by atoms with E-state index in [9.17, 15) is 0 Å². The van der Waals surface area contributed by atoms with Crippen molar-refractivity contribution in [2.24, 2.45) is 0 Å². The van der Waals surface area contributed by atoms with Gasteiger partial charge in [0.15, 0.2) is 0 Å². The molecule has 1 N–H and O–H groups in total. The summed E-state index contributed by atoms with van der Waals surface area (Å²) in [6, 6.07) is 2.03. The predicted molar refractivity (Wildman–Crippen MR) is 68.1 cm³/mol. The van der Waals surface area contributed by atoms with Crippen molar-refractivity contribution in [3.05, 3.63) is 17.6 Å². The normalized spacial score (nSPS) is 10.9. The first kappa shape index (κ1) is 12.9. The van der Waals surface area contributed by atoms with E-state index in [1.54, 1.807) is 0 Å². The largest absolute Gasteiger partial charge is 0.358 e. The van der Waals surface area contributed by atoms with Crippen LogP contribution >= 0.6 is 0 Å². The summed E-state index contributed by atoms with van der Waals surface area (Å²) >= 11 is 0. The molecule has 1 rings (SSSR count). The van der Waals surface area contributed by atoms with Crippen LogP contribution in [0.5, 0.6) is 0 Å². The molecule has 0 bridgehead atoms. The third-order valence-electron chi connectivity index (χ3n) is 2.46. The van der Waals surface area contributed by atoms with Gasteiger partial charge >= 0.3 is 0 Å². The predicted octanol–water partition coefficient (Wildman–Crippen LogP) is 1.56. The van der Waals surface area contributed by atoms with Crippen LogP contribution in [-0.4, -0.2) is 37.2 Å². The van der Waals surface area contributed by atoms with Crippen molar-refractivity contribution in [1.29, 1.82) is 0 Å². The van der Waals surface area contributed by atoms with Crippen molar-refractivity contribution in [2.45, 2.75) is 26.7 Å². The minimum atomic E-state index is 0.372. The summed E-state index contributed by atoms with van der Waals surface area (Å²) in [5.41, 5.74) is 1.03. The van der Waals surface area contributed by atoms with Crippen LogP contribution in [0, 0.1) is 6.92 Å². The van der Waals surface area contributed by atoms with Gasteiger partial charge in [-0.3, -0.25) is 0 Å². The highest BCUT2D eigenvalue weighted by molar-refractivity contribution is 5.38. The fraction of sp³-hybridized carbons (Fsp3) is 0.667. The number of nitrogens with zero attached hydrogens (tertiary/aromatic N) is 3. The fourth-order valence-electron chi connectivity index (χ4n) is 1.42. The molecule has 90 valence electrons. The summed E-state index contributed by atoms with van der Waals surface area (Å²) in [5.74, 6) is 2.30. The minimum Gasteiger partial charge on any atom is -0.358 e. The Kier molecular flexibility index (Phi) is 4.68. The maximum Gasteiger partial charge on any atom is 0.133 e. The van der Waals surface area contributed by atoms with Gasteiger partial charge in [-0.25, -0.2) is 9.97 Å². The molecule has 4 heteroatoms. The quantitative estimate of drug-likeness (QED) is 0.821. The van der Waals surface area contributed by atoms with Gasteiger partial charge in [-0.1, -0.05) is 13.8 Å². The van der Waals surface area contributed by atoms with Crippen molar-refractivity contribution in [3.63, 3.8) is 0 Å². The molecular formula is C12H22N4. The van der Waals surface area contributed by atoms with Crippen molar-refractivity contribution >= 4 is 5.82 Å². The smallest absolute Gasteiger partial charge is 0.133 e. The highest BCUT2D eigenvalue weighted by atomic mass is 15.2. The Hall–Kier alpha value is -1.16. The van der Waals surface area contributed by atoms with E-state index in [1.165, 1.54) is 0 Å². The number of likely N-dealkylation sites (N-methyl/N-ethyl adjacent to an activating group) is 2. The van der Waals surface area contributed by atoms with E-state index in [0.29, 0.717) is 5.92 Å². The third kappa shape index (κ3) is 3.45. The van der Waals surface area contributed by atoms with E-state index >= 15 is 0 Å². The summed E-state index contributed by atoms with van der Waals surface area (Å²) in [6.45, 7) is 8.16. The van der Waals surface area contributed by atoms with Gasteiger partial charge in [0.2, 0.25) is 0 Å². The molecule has 0 fully saturated rings. The van der Waals surface area contributed by atoms with Crippen LogP contribution in [0.1, 0.15) is 31.3 Å². The van der Waals surface area contributed by atoms with Crippen LogP contribution in [0.3, 0.4) is 0 Å². The standard InChI is InChI=1S/C12H22N4/c1-9(2)12-14-10(3)8-11(15-12)16(5)7-6-13-4/h8-9,13H,6-7H2,1-5H3. The fourth-order valence-corrected chi connectivity index (χ4v) is 1.42. The first-order valence-electron chi connectivity index (χ1n) is 5.76. The van der Waals surface area contributed by atoms with E-state index in [-0.39, 0.29) is 0 Å². The molecule has 16 heavy (non-hydrogen) atoms. The van der Waals surface area contributed by atoms with Crippen LogP contribution in [0.15, 0.2) is 6.07 Å². The van der Waals surface area contributed by atoms with Gasteiger partial charge in [0.05, 0.1) is 0 Å². The number of aromatic nitrogens is 2. The second-order valence-electron chi connectivity index (χ2n) is 4.41. The molecule has 4 nitrogen and oxygen atoms in total. The van der Waals surface area contributed by atoms with E-state index in [1.807, 2.05) is 20.0 Å². The van der Waals surface area contributed by atoms with Crippen molar-refractivity contribution < 1.29 is 0 Å². The zero-order valence-corrected chi connectivity index (χ0v) is 10.9. The molecule has 0 saturated carbocycles. The highest BCUT2D eigenvalue weighted by Gasteiger charge is 2.08. The first-order valence-corrected chi connectivity index (χ1v) is 5.76. The number of nitrogens with one attached hydrogen (secondary N) is 1. The Morgan fingerprint density at radius 1 is 1.38 bits per heavy atom. The summed E-state index contributed by atoms with van der Waals surface area (Å²) in [7, 11) is 4.02. The summed E-state index contributed by atoms with van der Waals surface area (Å²) in [5, 5.41) is 3.14. The second kappa shape index (κ2) is 5.80. The number of hydrogen-bond acceptors (Lipinski definition) is 4. The molecule has 0 aliphatic rings. The highest BCUT2D eigenvalue weighted by Crippen LogP contribution is 2.15. The van der Waals surface area contributed by atoms with Crippen LogP contribution < -0.4 is 10.2 Å². The van der Waals surface area contributed by atoms with Crippen LogP contribution in [0.4, 0.5) is 5.82 Å². The number of hydrogen-bond donors (Lipinski definition) is 1. The summed E-state index contributed by atoms with van der Waals surface area (Å²) in [4.78, 5) is 11.2. The Labute approximate surface area is 98.1 Å². The van der Waals surface area contributed by atoms with Gasteiger partial charge in [0.25, 0.3) is 0 Å². The van der Waals surface area contributed by atoms with Gasteiger partial charge in [0.1, 0.15) is 11.6 Å². The Morgan fingerprint density at radius 3 is 2.62 bits per heavy atom. The zero-order valence-electron chi connectivity index (χ0n) is 10.9. The minimum absolute atomic E-state index is 0.372. The lowest BCUT2D eigenvalue weighted by Crippen LogP contribution is -2.28. The summed E-state index contributed by atoms with van der Waals surface area (Å²) in [6.07, 6.45) is 0. The Bertz CT molecular complexity index is 336. The lowest BCUT2D eigenvalue weighted by atomic mass is 10.2. The van der Waals surface area contributed by atoms with Gasteiger partial charge < -0.3 is 10.2 Å². The van der Waals surface area contributed by atoms with Gasteiger partial charge in [0, 0.05) is 37.8 Å². The van der Waals surface area contributed by atoms with Crippen LogP contribution in [-0.2, 0) is 0 Å². The topological polar surface area (TPSA) is 41.0 Å². The molecule has 1 heterocycles. The van der Waals surface area contributed by atoms with E-state index in [4.69, 9.17) is 0 Å². The molecule has 0 amide bonds. The average molecular weight is 222 g/mol. The number of anilines is 1. The monoisotopic (exact) mass is 222 g/mol. The second-order valence-corrected chi connectivity index (χ2v) is 4.41. The molecule has 0 aromatic carbocycles. The SMILES string of the molecule is CNCCN(C)c1cc(C)nc(C(C)C)n1. The Balaban J connectivity index is 2.86. The molecule has 0 atom stereocenters. The van der Waals surface area contributed by atoms with Gasteiger partial charge in [-0.2, -0.15) is 0 Å². The van der Waals surface area contributed by atoms with Crippen molar-refractivity contribution in [3.8, 4) is 0 Å². The average Bonchev–Trinajstić information content (AvgIpc) is 2.24. The molecule has 0 aliphatic heterocycles. The van der Waals surface area contributed by atoms with E-state index in [0.717, 1.165) is 30.4 Å². The molecule has 1 aromatic heterocycles. The van der Waals surface area contributed by atoms with Crippen molar-refractivity contribution in [2.75, 3.05) is 32.1 Å². The number of rotatable bonds is 5. The maximum atomic E-state index is 4.57. The van der Waals surface area contributed by atoms with Crippen LogP contribution in [0.2, 0.25) is 0 Å². The van der Waals surface area contributed by atoms with E-state index in [2.05, 4.69) is 41.1 Å². The molecule has 0 spiro atoms. The van der Waals surface area contributed by atoms with Crippen molar-refractivity contribution in [1.82, 2.24) is 15.3 Å².